The Kier molecular flexibility index (Phi) is 4.44. The molecule has 0 radical (unpaired) electrons. The highest BCUT2D eigenvalue weighted by atomic mass is 31.2. The second-order valence-electron chi connectivity index (χ2n) is 7.59. The Morgan fingerprint density at radius 1 is 0.806 bits per heavy atom. The molecule has 5 heterocycles. The van der Waals surface area contributed by atoms with Crippen LogP contribution >= 0.6 is 7.60 Å². The molecule has 156 valence electrons. The van der Waals surface area contributed by atoms with Crippen LogP contribution in [0.15, 0.2) is 36.4 Å². The summed E-state index contributed by atoms with van der Waals surface area (Å²) in [5.41, 5.74) is 6.13. The minimum Gasteiger partial charge on any atom is -0.374 e. The summed E-state index contributed by atoms with van der Waals surface area (Å²) < 4.78 is 12.3. The van der Waals surface area contributed by atoms with E-state index in [1.54, 1.807) is 24.3 Å². The first-order valence-corrected chi connectivity index (χ1v) is 11.2. The van der Waals surface area contributed by atoms with Crippen molar-refractivity contribution >= 4 is 65.0 Å². The van der Waals surface area contributed by atoms with E-state index in [2.05, 4.69) is 19.9 Å². The third-order valence-corrected chi connectivity index (χ3v) is 6.12. The summed E-state index contributed by atoms with van der Waals surface area (Å²) in [5.74, 6) is 0. The van der Waals surface area contributed by atoms with Gasteiger partial charge < -0.3 is 24.7 Å². The number of H-pyrrole nitrogens is 2. The van der Waals surface area contributed by atoms with Crippen LogP contribution in [0.1, 0.15) is 22.8 Å². The van der Waals surface area contributed by atoms with Gasteiger partial charge >= 0.3 is 7.60 Å². The van der Waals surface area contributed by atoms with E-state index in [1.165, 1.54) is 0 Å². The van der Waals surface area contributed by atoms with Gasteiger partial charge in [0.25, 0.3) is 0 Å². The third-order valence-electron chi connectivity index (χ3n) is 5.08. The second-order valence-corrected chi connectivity index (χ2v) is 9.12. The molecule has 0 atom stereocenters. The van der Waals surface area contributed by atoms with Crippen molar-refractivity contribution in [3.05, 3.63) is 59.2 Å². The van der Waals surface area contributed by atoms with E-state index in [1.807, 2.05) is 55.4 Å². The molecule has 9 heteroatoms. The van der Waals surface area contributed by atoms with Crippen molar-refractivity contribution in [2.45, 2.75) is 0 Å². The van der Waals surface area contributed by atoms with Crippen LogP contribution in [0.3, 0.4) is 0 Å². The first-order valence-electron chi connectivity index (χ1n) is 9.62. The van der Waals surface area contributed by atoms with Crippen molar-refractivity contribution < 1.29 is 14.4 Å². The van der Waals surface area contributed by atoms with Crippen molar-refractivity contribution in [1.82, 2.24) is 19.9 Å². The molecule has 0 fully saturated rings. The topological polar surface area (TPSA) is 118 Å². The predicted octanol–water partition coefficient (Wildman–Crippen LogP) is 3.52. The van der Waals surface area contributed by atoms with Gasteiger partial charge in [0, 0.05) is 25.1 Å². The van der Waals surface area contributed by atoms with E-state index in [0.717, 1.165) is 27.8 Å². The Balaban J connectivity index is 1.94. The van der Waals surface area contributed by atoms with E-state index >= 15 is 0 Å². The minimum atomic E-state index is -4.61. The number of nitrogens with zero attached hydrogens (tertiary/aromatic N) is 3. The van der Waals surface area contributed by atoms with Crippen LogP contribution in [0.2, 0.25) is 0 Å². The molecule has 8 nitrogen and oxygen atoms in total. The number of aromatic amines is 2. The maximum Gasteiger partial charge on any atom is 0.360 e. The van der Waals surface area contributed by atoms with E-state index in [4.69, 9.17) is 0 Å². The van der Waals surface area contributed by atoms with E-state index < -0.39 is 7.60 Å². The molecule has 0 unspecified atom stereocenters. The van der Waals surface area contributed by atoms with Crippen molar-refractivity contribution in [1.29, 1.82) is 0 Å². The van der Waals surface area contributed by atoms with Crippen LogP contribution in [0.25, 0.3) is 46.4 Å². The maximum absolute atomic E-state index is 12.3. The van der Waals surface area contributed by atoms with Crippen LogP contribution in [-0.4, -0.2) is 43.8 Å². The number of aromatic nitrogens is 4. The lowest BCUT2D eigenvalue weighted by Crippen LogP contribution is -2.12. The summed E-state index contributed by atoms with van der Waals surface area (Å²) in [6.07, 6.45) is 6.67. The van der Waals surface area contributed by atoms with Crippen molar-refractivity contribution in [3.63, 3.8) is 0 Å². The Morgan fingerprint density at radius 3 is 1.71 bits per heavy atom. The Morgan fingerprint density at radius 2 is 1.29 bits per heavy atom. The molecule has 0 saturated carbocycles. The molecule has 4 N–H and O–H groups in total. The van der Waals surface area contributed by atoms with Gasteiger partial charge in [0.1, 0.15) is 5.30 Å². The Bertz CT molecular complexity index is 1380. The van der Waals surface area contributed by atoms with E-state index in [-0.39, 0.29) is 16.7 Å². The second kappa shape index (κ2) is 7.06. The lowest BCUT2D eigenvalue weighted by molar-refractivity contribution is 0.387. The average molecular weight is 433 g/mol. The maximum atomic E-state index is 12.3. The van der Waals surface area contributed by atoms with Crippen molar-refractivity contribution in [3.8, 4) is 0 Å². The van der Waals surface area contributed by atoms with Crippen molar-refractivity contribution in [2.24, 2.45) is 0 Å². The van der Waals surface area contributed by atoms with Gasteiger partial charge in [-0.05, 0) is 60.7 Å². The Hall–Kier alpha value is -3.45. The fraction of sp³-hybridized carbons (Fsp3) is 0.0909. The first kappa shape index (κ1) is 19.5. The highest BCUT2D eigenvalue weighted by Gasteiger charge is 2.27. The summed E-state index contributed by atoms with van der Waals surface area (Å²) >= 11 is 0. The molecular formula is C22H20N5O3P. The molecular weight excluding hydrogens is 413 g/mol. The number of rotatable bonds is 2. The number of nitrogens with one attached hydrogen (secondary N) is 2. The van der Waals surface area contributed by atoms with Gasteiger partial charge in [0.15, 0.2) is 0 Å². The molecule has 0 spiro atoms. The van der Waals surface area contributed by atoms with Gasteiger partial charge in [-0.3, -0.25) is 4.57 Å². The summed E-state index contributed by atoms with van der Waals surface area (Å²) in [7, 11) is -0.645. The number of hydrogen-bond donors (Lipinski definition) is 4. The average Bonchev–Trinajstić information content (AvgIpc) is 3.45. The van der Waals surface area contributed by atoms with E-state index in [9.17, 15) is 14.4 Å². The lowest BCUT2D eigenvalue weighted by Gasteiger charge is -2.12. The smallest absolute Gasteiger partial charge is 0.360 e. The standard InChI is InChI=1S/C22H20N5O3P/c1-27(2)21-17-7-3-13(23-17)11-15-5-9-19(25-15)22(31(28,29)30)20-10-6-16(26-20)12-14-4-8-18(21)24-14/h3-12,23-24H,1-2H3,(H2,28,29,30). The van der Waals surface area contributed by atoms with Crippen LogP contribution in [0.5, 0.6) is 0 Å². The van der Waals surface area contributed by atoms with Crippen LogP contribution in [-0.2, 0) is 4.57 Å². The normalized spacial score (nSPS) is 13.0. The molecule has 0 aliphatic carbocycles. The van der Waals surface area contributed by atoms with Gasteiger partial charge in [-0.2, -0.15) is 0 Å². The number of anilines is 1. The molecule has 2 aliphatic heterocycles. The zero-order chi connectivity index (χ0) is 21.8. The molecule has 3 aromatic rings. The molecule has 31 heavy (non-hydrogen) atoms. The van der Waals surface area contributed by atoms with Gasteiger partial charge in [-0.15, -0.1) is 0 Å². The summed E-state index contributed by atoms with van der Waals surface area (Å²) in [5, 5.41) is -0.179. The van der Waals surface area contributed by atoms with Gasteiger partial charge in [-0.1, -0.05) is 0 Å². The summed E-state index contributed by atoms with van der Waals surface area (Å²) in [4.78, 5) is 37.7. The molecule has 3 aromatic heterocycles. The molecule has 2 aliphatic rings. The fourth-order valence-electron chi connectivity index (χ4n) is 3.82. The van der Waals surface area contributed by atoms with Crippen molar-refractivity contribution in [2.75, 3.05) is 19.0 Å². The summed E-state index contributed by atoms with van der Waals surface area (Å²) in [6.45, 7) is 0. The molecule has 0 aromatic carbocycles. The number of fused-ring (bicyclic) bond motifs is 8. The lowest BCUT2D eigenvalue weighted by atomic mass is 10.3. The highest BCUT2D eigenvalue weighted by molar-refractivity contribution is 7.60. The molecule has 0 amide bonds. The van der Waals surface area contributed by atoms with Gasteiger partial charge in [0.2, 0.25) is 0 Å². The largest absolute Gasteiger partial charge is 0.374 e. The SMILES string of the molecule is CN(C)c1c2ccc(cc3nc(c(P(=O)(O)O)c4nc(cc5ccc1[nH]5)C=C4)C=C3)[nH]2. The van der Waals surface area contributed by atoms with Crippen LogP contribution < -0.4 is 10.2 Å². The highest BCUT2D eigenvalue weighted by Crippen LogP contribution is 2.37. The van der Waals surface area contributed by atoms with Crippen LogP contribution in [0.4, 0.5) is 5.69 Å². The zero-order valence-corrected chi connectivity index (χ0v) is 17.8. The number of hydrogen-bond acceptors (Lipinski definition) is 4. The van der Waals surface area contributed by atoms with E-state index in [0.29, 0.717) is 11.4 Å². The Labute approximate surface area is 177 Å². The molecule has 8 bridgehead atoms. The zero-order valence-electron chi connectivity index (χ0n) is 16.9. The molecule has 5 rings (SSSR count). The third kappa shape index (κ3) is 3.61. The fourth-order valence-corrected chi connectivity index (χ4v) is 4.67. The van der Waals surface area contributed by atoms with Gasteiger partial charge in [-0.25, -0.2) is 9.97 Å². The predicted molar refractivity (Wildman–Crippen MR) is 125 cm³/mol. The summed E-state index contributed by atoms with van der Waals surface area (Å²) in [6, 6.07) is 11.5. The minimum absolute atomic E-state index is 0.179. The van der Waals surface area contributed by atoms with Gasteiger partial charge in [0.05, 0.1) is 39.5 Å². The quantitative estimate of drug-likeness (QED) is 0.317. The first-order chi connectivity index (χ1) is 14.8. The monoisotopic (exact) mass is 433 g/mol. The van der Waals surface area contributed by atoms with Crippen LogP contribution in [0, 0.1) is 0 Å². The molecule has 0 saturated heterocycles.